The minimum Gasteiger partial charge on any atom is -0.374 e. The van der Waals surface area contributed by atoms with Crippen molar-refractivity contribution in [2.45, 2.75) is 37.5 Å². The number of likely N-dealkylation sites (N-methyl/N-ethyl adjacent to an activating group) is 1. The van der Waals surface area contributed by atoms with E-state index in [0.29, 0.717) is 23.0 Å². The first kappa shape index (κ1) is 15.2. The van der Waals surface area contributed by atoms with E-state index in [0.717, 1.165) is 19.7 Å². The van der Waals surface area contributed by atoms with E-state index in [9.17, 15) is 4.39 Å². The molecule has 2 aliphatic heterocycles. The molecule has 5 heteroatoms. The smallest absolute Gasteiger partial charge is 0.127 e. The summed E-state index contributed by atoms with van der Waals surface area (Å²) in [5, 5.41) is 3.73. The van der Waals surface area contributed by atoms with Crippen molar-refractivity contribution in [3.63, 3.8) is 0 Å². The van der Waals surface area contributed by atoms with Crippen LogP contribution in [-0.4, -0.2) is 49.8 Å². The van der Waals surface area contributed by atoms with E-state index < -0.39 is 0 Å². The lowest BCUT2D eigenvalue weighted by Crippen LogP contribution is -2.54. The molecule has 0 saturated carbocycles. The van der Waals surface area contributed by atoms with Crippen molar-refractivity contribution < 1.29 is 9.13 Å². The minimum absolute atomic E-state index is 0.111. The Morgan fingerprint density at radius 1 is 1.52 bits per heavy atom. The van der Waals surface area contributed by atoms with Gasteiger partial charge in [0.05, 0.1) is 12.7 Å². The van der Waals surface area contributed by atoms with Gasteiger partial charge in [-0.1, -0.05) is 17.7 Å². The van der Waals surface area contributed by atoms with Gasteiger partial charge in [0.1, 0.15) is 5.82 Å². The van der Waals surface area contributed by atoms with Gasteiger partial charge in [0.15, 0.2) is 0 Å². The van der Waals surface area contributed by atoms with Crippen molar-refractivity contribution in [1.82, 2.24) is 10.2 Å². The first-order valence-electron chi connectivity index (χ1n) is 7.64. The molecular formula is C16H22ClFN2O. The highest BCUT2D eigenvalue weighted by Crippen LogP contribution is 2.25. The quantitative estimate of drug-likeness (QED) is 0.924. The molecule has 116 valence electrons. The number of hydrogen-bond donors (Lipinski definition) is 1. The molecule has 3 rings (SSSR count). The molecule has 0 aromatic heterocycles. The molecule has 0 amide bonds. The summed E-state index contributed by atoms with van der Waals surface area (Å²) in [6.07, 6.45) is 3.22. The Labute approximate surface area is 130 Å². The summed E-state index contributed by atoms with van der Waals surface area (Å²) in [6, 6.07) is 5.59. The number of halogens is 2. The summed E-state index contributed by atoms with van der Waals surface area (Å²) in [5.41, 5.74) is 0.686. The summed E-state index contributed by atoms with van der Waals surface area (Å²) in [4.78, 5) is 2.51. The van der Waals surface area contributed by atoms with Gasteiger partial charge in [-0.25, -0.2) is 4.39 Å². The summed E-state index contributed by atoms with van der Waals surface area (Å²) in [7, 11) is 1.91. The summed E-state index contributed by atoms with van der Waals surface area (Å²) >= 11 is 5.81. The molecule has 0 bridgehead atoms. The normalized spacial score (nSPS) is 27.6. The zero-order valence-corrected chi connectivity index (χ0v) is 13.1. The van der Waals surface area contributed by atoms with E-state index in [-0.39, 0.29) is 18.0 Å². The maximum atomic E-state index is 14.0. The third-order valence-corrected chi connectivity index (χ3v) is 4.93. The highest BCUT2D eigenvalue weighted by atomic mass is 35.5. The molecule has 1 aromatic rings. The number of benzene rings is 1. The topological polar surface area (TPSA) is 24.5 Å². The maximum absolute atomic E-state index is 14.0. The van der Waals surface area contributed by atoms with Gasteiger partial charge in [0.25, 0.3) is 0 Å². The van der Waals surface area contributed by atoms with Crippen LogP contribution in [0.3, 0.4) is 0 Å². The van der Waals surface area contributed by atoms with Crippen molar-refractivity contribution in [2.75, 3.05) is 26.7 Å². The van der Waals surface area contributed by atoms with Gasteiger partial charge < -0.3 is 10.1 Å². The second kappa shape index (κ2) is 6.61. The van der Waals surface area contributed by atoms with Crippen LogP contribution in [0.15, 0.2) is 18.2 Å². The first-order chi connectivity index (χ1) is 10.2. The van der Waals surface area contributed by atoms with Crippen LogP contribution in [0.1, 0.15) is 18.4 Å². The van der Waals surface area contributed by atoms with Gasteiger partial charge in [0, 0.05) is 23.7 Å². The Bertz CT molecular complexity index is 499. The monoisotopic (exact) mass is 312 g/mol. The van der Waals surface area contributed by atoms with Gasteiger partial charge in [0.2, 0.25) is 0 Å². The lowest BCUT2D eigenvalue weighted by molar-refractivity contribution is -0.0634. The molecule has 3 nitrogen and oxygen atoms in total. The van der Waals surface area contributed by atoms with E-state index in [1.165, 1.54) is 18.9 Å². The Hall–Kier alpha value is -0.680. The van der Waals surface area contributed by atoms with Crippen LogP contribution in [0, 0.1) is 5.82 Å². The number of ether oxygens (including phenoxy) is 1. The number of nitrogens with one attached hydrogen (secondary N) is 1. The molecule has 1 aromatic carbocycles. The molecule has 2 fully saturated rings. The van der Waals surface area contributed by atoms with E-state index in [4.69, 9.17) is 16.3 Å². The Morgan fingerprint density at radius 2 is 2.38 bits per heavy atom. The second-order valence-corrected chi connectivity index (χ2v) is 6.43. The highest BCUT2D eigenvalue weighted by Gasteiger charge is 2.35. The summed E-state index contributed by atoms with van der Waals surface area (Å²) in [6.45, 7) is 2.90. The fraction of sp³-hybridized carbons (Fsp3) is 0.625. The standard InChI is InChI=1S/C16H22ClFN2O/c1-19-15(7-11-4-5-12(17)8-14(11)18)16-9-20-6-2-3-13(20)10-21-16/h4-5,8,13,15-16,19H,2-3,6-7,9-10H2,1H3. The van der Waals surface area contributed by atoms with Crippen LogP contribution in [0.4, 0.5) is 4.39 Å². The molecule has 3 unspecified atom stereocenters. The molecule has 2 heterocycles. The lowest BCUT2D eigenvalue weighted by atomic mass is 9.99. The molecule has 21 heavy (non-hydrogen) atoms. The van der Waals surface area contributed by atoms with Crippen molar-refractivity contribution in [3.05, 3.63) is 34.6 Å². The molecular weight excluding hydrogens is 291 g/mol. The van der Waals surface area contributed by atoms with E-state index in [2.05, 4.69) is 10.2 Å². The predicted octanol–water partition coefficient (Wildman–Crippen LogP) is 2.47. The number of hydrogen-bond acceptors (Lipinski definition) is 3. The molecule has 2 aliphatic rings. The van der Waals surface area contributed by atoms with Crippen LogP contribution < -0.4 is 5.32 Å². The van der Waals surface area contributed by atoms with Crippen LogP contribution in [0.2, 0.25) is 5.02 Å². The molecule has 3 atom stereocenters. The highest BCUT2D eigenvalue weighted by molar-refractivity contribution is 6.30. The second-order valence-electron chi connectivity index (χ2n) is 6.00. The van der Waals surface area contributed by atoms with Crippen LogP contribution in [0.25, 0.3) is 0 Å². The van der Waals surface area contributed by atoms with E-state index >= 15 is 0 Å². The average Bonchev–Trinajstić information content (AvgIpc) is 2.94. The van der Waals surface area contributed by atoms with Gasteiger partial charge in [-0.3, -0.25) is 4.90 Å². The first-order valence-corrected chi connectivity index (χ1v) is 8.02. The van der Waals surface area contributed by atoms with E-state index in [1.54, 1.807) is 12.1 Å². The van der Waals surface area contributed by atoms with Crippen molar-refractivity contribution in [1.29, 1.82) is 0 Å². The molecule has 2 saturated heterocycles. The maximum Gasteiger partial charge on any atom is 0.127 e. The summed E-state index contributed by atoms with van der Waals surface area (Å²) in [5.74, 6) is -0.238. The van der Waals surface area contributed by atoms with Gasteiger partial charge in [-0.2, -0.15) is 0 Å². The minimum atomic E-state index is -0.238. The zero-order chi connectivity index (χ0) is 14.8. The average molecular weight is 313 g/mol. The van der Waals surface area contributed by atoms with Crippen molar-refractivity contribution >= 4 is 11.6 Å². The Kier molecular flexibility index (Phi) is 4.79. The van der Waals surface area contributed by atoms with Gasteiger partial charge >= 0.3 is 0 Å². The van der Waals surface area contributed by atoms with Crippen molar-refractivity contribution in [3.8, 4) is 0 Å². The van der Waals surface area contributed by atoms with E-state index in [1.807, 2.05) is 7.05 Å². The third kappa shape index (κ3) is 3.39. The number of nitrogens with zero attached hydrogens (tertiary/aromatic N) is 1. The van der Waals surface area contributed by atoms with Crippen LogP contribution in [0.5, 0.6) is 0 Å². The molecule has 0 radical (unpaired) electrons. The molecule has 0 spiro atoms. The Balaban J connectivity index is 1.67. The van der Waals surface area contributed by atoms with Gasteiger partial charge in [-0.05, 0) is 50.6 Å². The SMILES string of the molecule is CNC(Cc1ccc(Cl)cc1F)C1CN2CCCC2CO1. The van der Waals surface area contributed by atoms with Crippen molar-refractivity contribution in [2.24, 2.45) is 0 Å². The largest absolute Gasteiger partial charge is 0.374 e. The summed E-state index contributed by atoms with van der Waals surface area (Å²) < 4.78 is 20.0. The van der Waals surface area contributed by atoms with Gasteiger partial charge in [-0.15, -0.1) is 0 Å². The predicted molar refractivity (Wildman–Crippen MR) is 82.3 cm³/mol. The van der Waals surface area contributed by atoms with Crippen LogP contribution >= 0.6 is 11.6 Å². The number of fused-ring (bicyclic) bond motifs is 1. The number of morpholine rings is 1. The zero-order valence-electron chi connectivity index (χ0n) is 12.3. The Morgan fingerprint density at radius 3 is 3.14 bits per heavy atom. The number of rotatable bonds is 4. The molecule has 1 N–H and O–H groups in total. The fourth-order valence-corrected chi connectivity index (χ4v) is 3.59. The fourth-order valence-electron chi connectivity index (χ4n) is 3.43. The third-order valence-electron chi connectivity index (χ3n) is 4.69. The molecule has 0 aliphatic carbocycles. The van der Waals surface area contributed by atoms with Crippen LogP contribution in [-0.2, 0) is 11.2 Å². The lowest BCUT2D eigenvalue weighted by Gasteiger charge is -2.39.